The summed E-state index contributed by atoms with van der Waals surface area (Å²) in [5, 5.41) is 6.05. The molecule has 0 aliphatic heterocycles. The predicted molar refractivity (Wildman–Crippen MR) is 82.8 cm³/mol. The van der Waals surface area contributed by atoms with Gasteiger partial charge in [0.15, 0.2) is 5.96 Å². The van der Waals surface area contributed by atoms with E-state index < -0.39 is 12.8 Å². The monoisotopic (exact) mass is 413 g/mol. The molecule has 122 valence electrons. The lowest BCUT2D eigenvalue weighted by molar-refractivity contribution is -0.173. The number of methoxy groups -OCH3 is 1. The maximum atomic E-state index is 11.8. The molecule has 0 fully saturated rings. The first-order valence-corrected chi connectivity index (χ1v) is 6.15. The molecular formula is C11H23F3IN3O2. The Morgan fingerprint density at radius 1 is 1.20 bits per heavy atom. The smallest absolute Gasteiger partial charge is 0.383 e. The Hall–Kier alpha value is -0.290. The van der Waals surface area contributed by atoms with Crippen LogP contribution in [0.25, 0.3) is 0 Å². The van der Waals surface area contributed by atoms with Crippen LogP contribution in [0, 0.1) is 0 Å². The minimum atomic E-state index is -4.26. The second kappa shape index (κ2) is 13.7. The molecule has 0 aliphatic rings. The molecule has 0 atom stereocenters. The zero-order valence-electron chi connectivity index (χ0n) is 11.8. The molecule has 2 N–H and O–H groups in total. The van der Waals surface area contributed by atoms with E-state index >= 15 is 0 Å². The van der Waals surface area contributed by atoms with Crippen LogP contribution >= 0.6 is 24.0 Å². The molecule has 5 nitrogen and oxygen atoms in total. The molecule has 0 aromatic carbocycles. The predicted octanol–water partition coefficient (Wildman–Crippen LogP) is 1.77. The highest BCUT2D eigenvalue weighted by Crippen LogP contribution is 2.14. The maximum Gasteiger partial charge on any atom is 0.411 e. The molecule has 0 aliphatic carbocycles. The average Bonchev–Trinajstić information content (AvgIpc) is 2.32. The van der Waals surface area contributed by atoms with Gasteiger partial charge in [-0.05, 0) is 13.3 Å². The van der Waals surface area contributed by atoms with Gasteiger partial charge in [-0.1, -0.05) is 0 Å². The van der Waals surface area contributed by atoms with Gasteiger partial charge < -0.3 is 20.1 Å². The largest absolute Gasteiger partial charge is 0.411 e. The molecule has 0 amide bonds. The fourth-order valence-electron chi connectivity index (χ4n) is 1.16. The third-order valence-electron chi connectivity index (χ3n) is 1.93. The Bertz CT molecular complexity index is 254. The standard InChI is InChI=1S/C11H22F3N3O2.HI/c1-3-15-10(17-6-8-18-2)16-5-4-7-19-9-11(12,13)14;/h3-9H2,1-2H3,(H2,15,16,17);1H. The van der Waals surface area contributed by atoms with Gasteiger partial charge in [0.2, 0.25) is 0 Å². The van der Waals surface area contributed by atoms with E-state index in [-0.39, 0.29) is 30.6 Å². The fraction of sp³-hybridized carbons (Fsp3) is 0.909. The van der Waals surface area contributed by atoms with Crippen LogP contribution in [0.15, 0.2) is 4.99 Å². The molecule has 0 saturated carbocycles. The average molecular weight is 413 g/mol. The van der Waals surface area contributed by atoms with Crippen molar-refractivity contribution in [2.24, 2.45) is 4.99 Å². The van der Waals surface area contributed by atoms with E-state index in [0.717, 1.165) is 0 Å². The third-order valence-corrected chi connectivity index (χ3v) is 1.93. The number of hydrogen-bond acceptors (Lipinski definition) is 3. The van der Waals surface area contributed by atoms with Gasteiger partial charge in [0.25, 0.3) is 0 Å². The minimum Gasteiger partial charge on any atom is -0.383 e. The first-order valence-electron chi connectivity index (χ1n) is 6.15. The number of aliphatic imine (C=N–C) groups is 1. The Balaban J connectivity index is 0. The quantitative estimate of drug-likeness (QED) is 0.262. The number of nitrogens with zero attached hydrogens (tertiary/aromatic N) is 1. The van der Waals surface area contributed by atoms with Gasteiger partial charge in [-0.3, -0.25) is 4.99 Å². The van der Waals surface area contributed by atoms with Gasteiger partial charge in [-0.2, -0.15) is 13.2 Å². The van der Waals surface area contributed by atoms with Crippen molar-refractivity contribution >= 4 is 29.9 Å². The van der Waals surface area contributed by atoms with Gasteiger partial charge >= 0.3 is 6.18 Å². The lowest BCUT2D eigenvalue weighted by Gasteiger charge is -2.11. The minimum absolute atomic E-state index is 0. The Labute approximate surface area is 134 Å². The molecule has 9 heteroatoms. The van der Waals surface area contributed by atoms with E-state index in [4.69, 9.17) is 4.74 Å². The van der Waals surface area contributed by atoms with Crippen molar-refractivity contribution in [3.05, 3.63) is 0 Å². The number of rotatable bonds is 9. The van der Waals surface area contributed by atoms with Crippen molar-refractivity contribution in [2.45, 2.75) is 19.5 Å². The number of alkyl halides is 3. The Morgan fingerprint density at radius 2 is 1.90 bits per heavy atom. The number of halogens is 4. The molecule has 0 bridgehead atoms. The first kappa shape index (κ1) is 22.0. The number of nitrogens with one attached hydrogen (secondary N) is 2. The Kier molecular flexibility index (Phi) is 15.0. The zero-order valence-corrected chi connectivity index (χ0v) is 14.1. The first-order chi connectivity index (χ1) is 8.99. The van der Waals surface area contributed by atoms with E-state index in [9.17, 15) is 13.2 Å². The van der Waals surface area contributed by atoms with Gasteiger partial charge in [-0.15, -0.1) is 24.0 Å². The van der Waals surface area contributed by atoms with Crippen molar-refractivity contribution in [3.63, 3.8) is 0 Å². The summed E-state index contributed by atoms with van der Waals surface area (Å²) in [6.07, 6.45) is -3.82. The van der Waals surface area contributed by atoms with E-state index in [1.807, 2.05) is 6.92 Å². The molecule has 0 unspecified atom stereocenters. The molecule has 0 saturated heterocycles. The summed E-state index contributed by atoms with van der Waals surface area (Å²) in [5.74, 6) is 0.621. The second-order valence-corrected chi connectivity index (χ2v) is 3.70. The van der Waals surface area contributed by atoms with E-state index in [0.29, 0.717) is 38.6 Å². The highest BCUT2D eigenvalue weighted by atomic mass is 127. The highest BCUT2D eigenvalue weighted by molar-refractivity contribution is 14.0. The molecule has 0 heterocycles. The summed E-state index contributed by atoms with van der Waals surface area (Å²) in [5.41, 5.74) is 0. The van der Waals surface area contributed by atoms with E-state index in [1.165, 1.54) is 0 Å². The van der Waals surface area contributed by atoms with Crippen LogP contribution in [0.2, 0.25) is 0 Å². The molecule has 20 heavy (non-hydrogen) atoms. The van der Waals surface area contributed by atoms with Crippen molar-refractivity contribution < 1.29 is 22.6 Å². The van der Waals surface area contributed by atoms with Gasteiger partial charge in [-0.25, -0.2) is 0 Å². The van der Waals surface area contributed by atoms with Gasteiger partial charge in [0, 0.05) is 33.4 Å². The summed E-state index contributed by atoms with van der Waals surface area (Å²) in [6.45, 7) is 3.05. The summed E-state index contributed by atoms with van der Waals surface area (Å²) >= 11 is 0. The van der Waals surface area contributed by atoms with Crippen molar-refractivity contribution in [3.8, 4) is 0 Å². The maximum absolute atomic E-state index is 11.8. The summed E-state index contributed by atoms with van der Waals surface area (Å²) < 4.78 is 44.7. The summed E-state index contributed by atoms with van der Waals surface area (Å²) in [4.78, 5) is 4.20. The topological polar surface area (TPSA) is 54.9 Å². The highest BCUT2D eigenvalue weighted by Gasteiger charge is 2.27. The molecule has 0 rings (SSSR count). The van der Waals surface area contributed by atoms with Crippen molar-refractivity contribution in [1.82, 2.24) is 10.6 Å². The second-order valence-electron chi connectivity index (χ2n) is 3.70. The number of hydrogen-bond donors (Lipinski definition) is 2. The molecule has 0 radical (unpaired) electrons. The molecular weight excluding hydrogens is 390 g/mol. The molecule has 0 aromatic rings. The van der Waals surface area contributed by atoms with E-state index in [2.05, 4.69) is 20.4 Å². The van der Waals surface area contributed by atoms with Crippen LogP contribution in [-0.2, 0) is 9.47 Å². The SMILES string of the molecule is CCNC(=NCCCOCC(F)(F)F)NCCOC.I. The van der Waals surface area contributed by atoms with Crippen molar-refractivity contribution in [2.75, 3.05) is 46.6 Å². The molecule has 0 aromatic heterocycles. The van der Waals surface area contributed by atoms with Crippen molar-refractivity contribution in [1.29, 1.82) is 0 Å². The lowest BCUT2D eigenvalue weighted by atomic mass is 10.4. The van der Waals surface area contributed by atoms with Crippen LogP contribution in [-0.4, -0.2) is 58.7 Å². The van der Waals surface area contributed by atoms with Gasteiger partial charge in [0.1, 0.15) is 6.61 Å². The number of ether oxygens (including phenoxy) is 2. The lowest BCUT2D eigenvalue weighted by Crippen LogP contribution is -2.39. The normalized spacial score (nSPS) is 11.9. The summed E-state index contributed by atoms with van der Waals surface area (Å²) in [7, 11) is 1.60. The van der Waals surface area contributed by atoms with Gasteiger partial charge in [0.05, 0.1) is 6.61 Å². The number of guanidine groups is 1. The molecule has 0 spiro atoms. The fourth-order valence-corrected chi connectivity index (χ4v) is 1.16. The van der Waals surface area contributed by atoms with Crippen LogP contribution in [0.4, 0.5) is 13.2 Å². The van der Waals surface area contributed by atoms with Crippen LogP contribution < -0.4 is 10.6 Å². The van der Waals surface area contributed by atoms with E-state index in [1.54, 1.807) is 7.11 Å². The third kappa shape index (κ3) is 15.8. The van der Waals surface area contributed by atoms with Crippen LogP contribution in [0.3, 0.4) is 0 Å². The van der Waals surface area contributed by atoms with Crippen LogP contribution in [0.5, 0.6) is 0 Å². The summed E-state index contributed by atoms with van der Waals surface area (Å²) in [6, 6.07) is 0. The Morgan fingerprint density at radius 3 is 2.45 bits per heavy atom. The zero-order chi connectivity index (χ0) is 14.6. The van der Waals surface area contributed by atoms with Crippen LogP contribution in [0.1, 0.15) is 13.3 Å².